The van der Waals surface area contributed by atoms with Gasteiger partial charge < -0.3 is 9.84 Å². The largest absolute Gasteiger partial charge is 0.508 e. The van der Waals surface area contributed by atoms with E-state index in [4.69, 9.17) is 16.3 Å². The van der Waals surface area contributed by atoms with Crippen molar-refractivity contribution in [2.24, 2.45) is 5.41 Å². The van der Waals surface area contributed by atoms with Gasteiger partial charge in [-0.2, -0.15) is 0 Å². The highest BCUT2D eigenvalue weighted by molar-refractivity contribution is 6.18. The fraction of sp³-hybridized carbons (Fsp3) is 0.538. The highest BCUT2D eigenvalue weighted by Gasteiger charge is 2.32. The Hall–Kier alpha value is -0.730. The Bertz CT molecular complexity index is 346. The van der Waals surface area contributed by atoms with Gasteiger partial charge in [0.1, 0.15) is 5.75 Å². The molecule has 1 aliphatic heterocycles. The summed E-state index contributed by atoms with van der Waals surface area (Å²) in [5.41, 5.74) is 1.18. The molecule has 1 heterocycles. The molecule has 88 valence electrons. The minimum absolute atomic E-state index is 0.0492. The zero-order chi connectivity index (χ0) is 11.4. The smallest absolute Gasteiger partial charge is 0.115 e. The zero-order valence-electron chi connectivity index (χ0n) is 9.29. The summed E-state index contributed by atoms with van der Waals surface area (Å²) in [5.74, 6) is 0.932. The summed E-state index contributed by atoms with van der Waals surface area (Å²) < 4.78 is 5.53. The minimum Gasteiger partial charge on any atom is -0.508 e. The Labute approximate surface area is 101 Å². The molecule has 0 spiro atoms. The number of ether oxygens (including phenoxy) is 1. The fourth-order valence-corrected chi connectivity index (χ4v) is 2.61. The van der Waals surface area contributed by atoms with Gasteiger partial charge in [0.25, 0.3) is 0 Å². The van der Waals surface area contributed by atoms with Crippen LogP contribution in [0, 0.1) is 5.41 Å². The topological polar surface area (TPSA) is 29.5 Å². The maximum atomic E-state index is 9.43. The highest BCUT2D eigenvalue weighted by atomic mass is 35.5. The standard InChI is InChI=1S/C13H17ClO2/c14-9-13(5-2-6-16-10-13)8-11-3-1-4-12(15)7-11/h1,3-4,7,15H,2,5-6,8-10H2. The lowest BCUT2D eigenvalue weighted by atomic mass is 9.79. The number of hydrogen-bond acceptors (Lipinski definition) is 2. The Morgan fingerprint density at radius 2 is 2.31 bits per heavy atom. The first-order valence-corrected chi connectivity index (χ1v) is 6.19. The van der Waals surface area contributed by atoms with Gasteiger partial charge in [-0.15, -0.1) is 11.6 Å². The molecule has 0 saturated carbocycles. The number of alkyl halides is 1. The van der Waals surface area contributed by atoms with Crippen LogP contribution >= 0.6 is 11.6 Å². The maximum absolute atomic E-state index is 9.43. The van der Waals surface area contributed by atoms with E-state index in [1.165, 1.54) is 0 Å². The molecule has 2 nitrogen and oxygen atoms in total. The molecule has 0 radical (unpaired) electrons. The molecule has 0 bridgehead atoms. The van der Waals surface area contributed by atoms with Gasteiger partial charge >= 0.3 is 0 Å². The predicted molar refractivity (Wildman–Crippen MR) is 65.0 cm³/mol. The lowest BCUT2D eigenvalue weighted by molar-refractivity contribution is 0.00476. The third-order valence-corrected chi connectivity index (χ3v) is 3.74. The van der Waals surface area contributed by atoms with E-state index in [0.717, 1.165) is 38.0 Å². The van der Waals surface area contributed by atoms with Crippen molar-refractivity contribution in [1.29, 1.82) is 0 Å². The van der Waals surface area contributed by atoms with Gasteiger partial charge in [0.2, 0.25) is 0 Å². The molecule has 16 heavy (non-hydrogen) atoms. The normalized spacial score (nSPS) is 25.6. The molecule has 3 heteroatoms. The molecule has 1 unspecified atom stereocenters. The molecule has 0 amide bonds. The van der Waals surface area contributed by atoms with E-state index < -0.39 is 0 Å². The number of benzene rings is 1. The molecular weight excluding hydrogens is 224 g/mol. The molecule has 1 saturated heterocycles. The summed E-state index contributed by atoms with van der Waals surface area (Å²) in [5, 5.41) is 9.43. The number of hydrogen-bond donors (Lipinski definition) is 1. The lowest BCUT2D eigenvalue weighted by Gasteiger charge is -2.35. The number of aromatic hydroxyl groups is 1. The highest BCUT2D eigenvalue weighted by Crippen LogP contribution is 2.34. The van der Waals surface area contributed by atoms with Crippen molar-refractivity contribution in [3.63, 3.8) is 0 Å². The molecular formula is C13H17ClO2. The number of phenolic OH excluding ortho intramolecular Hbond substituents is 1. The van der Waals surface area contributed by atoms with Crippen molar-refractivity contribution in [2.45, 2.75) is 19.3 Å². The summed E-state index contributed by atoms with van der Waals surface area (Å²) in [6, 6.07) is 7.40. The summed E-state index contributed by atoms with van der Waals surface area (Å²) >= 11 is 6.08. The first kappa shape index (κ1) is 11.7. The first-order chi connectivity index (χ1) is 7.74. The van der Waals surface area contributed by atoms with Crippen molar-refractivity contribution in [2.75, 3.05) is 19.1 Å². The predicted octanol–water partition coefficient (Wildman–Crippen LogP) is 2.97. The van der Waals surface area contributed by atoms with Crippen LogP contribution in [0.2, 0.25) is 0 Å². The van der Waals surface area contributed by atoms with E-state index in [9.17, 15) is 5.11 Å². The molecule has 2 rings (SSSR count). The average molecular weight is 241 g/mol. The van der Waals surface area contributed by atoms with Gasteiger partial charge in [0.05, 0.1) is 6.61 Å². The average Bonchev–Trinajstić information content (AvgIpc) is 2.30. The van der Waals surface area contributed by atoms with Crippen molar-refractivity contribution in [1.82, 2.24) is 0 Å². The van der Waals surface area contributed by atoms with Crippen LogP contribution in [0.1, 0.15) is 18.4 Å². The van der Waals surface area contributed by atoms with Crippen LogP contribution in [0.3, 0.4) is 0 Å². The van der Waals surface area contributed by atoms with Crippen molar-refractivity contribution < 1.29 is 9.84 Å². The molecule has 1 atom stereocenters. The molecule has 1 aromatic carbocycles. The second kappa shape index (κ2) is 5.07. The van der Waals surface area contributed by atoms with E-state index >= 15 is 0 Å². The third kappa shape index (κ3) is 2.69. The van der Waals surface area contributed by atoms with Gasteiger partial charge in [-0.3, -0.25) is 0 Å². The quantitative estimate of drug-likeness (QED) is 0.824. The second-order valence-electron chi connectivity index (χ2n) is 4.64. The van der Waals surface area contributed by atoms with Crippen LogP contribution in [0.15, 0.2) is 24.3 Å². The summed E-state index contributed by atoms with van der Waals surface area (Å²) in [7, 11) is 0. The lowest BCUT2D eigenvalue weighted by Crippen LogP contribution is -2.35. The SMILES string of the molecule is Oc1cccc(CC2(CCl)CCCOC2)c1. The zero-order valence-corrected chi connectivity index (χ0v) is 10.0. The molecule has 1 fully saturated rings. The van der Waals surface area contributed by atoms with Crippen LogP contribution in [-0.2, 0) is 11.2 Å². The van der Waals surface area contributed by atoms with Gasteiger partial charge in [-0.05, 0) is 37.0 Å². The summed E-state index contributed by atoms with van der Waals surface area (Å²) in [6.45, 7) is 1.57. The van der Waals surface area contributed by atoms with Gasteiger partial charge in [-0.25, -0.2) is 0 Å². The van der Waals surface area contributed by atoms with Crippen LogP contribution in [0.25, 0.3) is 0 Å². The first-order valence-electron chi connectivity index (χ1n) is 5.66. The number of rotatable bonds is 3. The fourth-order valence-electron chi connectivity index (χ4n) is 2.30. The number of halogens is 1. The van der Waals surface area contributed by atoms with E-state index in [1.54, 1.807) is 6.07 Å². The van der Waals surface area contributed by atoms with Crippen LogP contribution in [-0.4, -0.2) is 24.2 Å². The molecule has 1 aromatic rings. The Balaban J connectivity index is 2.11. The summed E-state index contributed by atoms with van der Waals surface area (Å²) in [6.07, 6.45) is 3.06. The van der Waals surface area contributed by atoms with E-state index in [2.05, 4.69) is 0 Å². The molecule has 1 aliphatic rings. The molecule has 1 N–H and O–H groups in total. The Kier molecular flexibility index (Phi) is 3.72. The minimum atomic E-state index is 0.0492. The van der Waals surface area contributed by atoms with E-state index in [0.29, 0.717) is 11.6 Å². The van der Waals surface area contributed by atoms with Crippen molar-refractivity contribution in [3.05, 3.63) is 29.8 Å². The van der Waals surface area contributed by atoms with Gasteiger partial charge in [0, 0.05) is 17.9 Å². The van der Waals surface area contributed by atoms with Gasteiger partial charge in [-0.1, -0.05) is 12.1 Å². The van der Waals surface area contributed by atoms with Crippen LogP contribution in [0.4, 0.5) is 0 Å². The molecule has 0 aliphatic carbocycles. The van der Waals surface area contributed by atoms with E-state index in [1.807, 2.05) is 18.2 Å². The van der Waals surface area contributed by atoms with Crippen LogP contribution < -0.4 is 0 Å². The second-order valence-corrected chi connectivity index (χ2v) is 4.90. The third-order valence-electron chi connectivity index (χ3n) is 3.18. The van der Waals surface area contributed by atoms with E-state index in [-0.39, 0.29) is 5.41 Å². The monoisotopic (exact) mass is 240 g/mol. The Morgan fingerprint density at radius 3 is 2.94 bits per heavy atom. The maximum Gasteiger partial charge on any atom is 0.115 e. The van der Waals surface area contributed by atoms with Crippen molar-refractivity contribution in [3.8, 4) is 5.75 Å². The van der Waals surface area contributed by atoms with Crippen molar-refractivity contribution >= 4 is 11.6 Å². The Morgan fingerprint density at radius 1 is 1.44 bits per heavy atom. The van der Waals surface area contributed by atoms with Gasteiger partial charge in [0.15, 0.2) is 0 Å². The number of phenols is 1. The summed E-state index contributed by atoms with van der Waals surface area (Å²) in [4.78, 5) is 0. The van der Waals surface area contributed by atoms with Crippen LogP contribution in [0.5, 0.6) is 5.75 Å². The molecule has 0 aromatic heterocycles.